The predicted octanol–water partition coefficient (Wildman–Crippen LogP) is 3.18. The fraction of sp³-hybridized carbons (Fsp3) is 0.273. The van der Waals surface area contributed by atoms with Crippen LogP contribution in [0, 0.1) is 6.07 Å². The molecule has 1 atom stereocenters. The van der Waals surface area contributed by atoms with E-state index < -0.39 is 16.3 Å². The summed E-state index contributed by atoms with van der Waals surface area (Å²) in [6.45, 7) is 1.99. The summed E-state index contributed by atoms with van der Waals surface area (Å²) in [7, 11) is -4.37. The quantitative estimate of drug-likeness (QED) is 0.279. The van der Waals surface area contributed by atoms with E-state index in [0.29, 0.717) is 17.7 Å². The molecular formula is C22H23N4O5S2. The first-order valence-electron chi connectivity index (χ1n) is 10.2. The first-order chi connectivity index (χ1) is 15.7. The molecule has 0 aliphatic carbocycles. The summed E-state index contributed by atoms with van der Waals surface area (Å²) in [5, 5.41) is 5.60. The van der Waals surface area contributed by atoms with Crippen LogP contribution >= 0.6 is 11.3 Å². The Morgan fingerprint density at radius 3 is 2.64 bits per heavy atom. The van der Waals surface area contributed by atoms with Crippen molar-refractivity contribution in [3.05, 3.63) is 76.0 Å². The zero-order valence-corrected chi connectivity index (χ0v) is 19.4. The van der Waals surface area contributed by atoms with Gasteiger partial charge in [0.05, 0.1) is 17.4 Å². The van der Waals surface area contributed by atoms with Gasteiger partial charge in [-0.05, 0) is 48.7 Å². The van der Waals surface area contributed by atoms with Crippen LogP contribution in [0.5, 0.6) is 0 Å². The van der Waals surface area contributed by atoms with Gasteiger partial charge in [0.1, 0.15) is 10.7 Å². The van der Waals surface area contributed by atoms with Gasteiger partial charge in [0, 0.05) is 24.4 Å². The second-order valence-electron chi connectivity index (χ2n) is 7.17. The van der Waals surface area contributed by atoms with E-state index in [1.807, 2.05) is 17.0 Å². The average Bonchev–Trinajstić information content (AvgIpc) is 3.27. The number of rotatable bonds is 11. The number of Topliss-reactive ketones (excluding diaryl/α,β-unsaturated/α-hetero) is 1. The van der Waals surface area contributed by atoms with E-state index in [9.17, 15) is 18.0 Å². The van der Waals surface area contributed by atoms with Gasteiger partial charge >= 0.3 is 10.3 Å². The maximum Gasteiger partial charge on any atom is 0.357 e. The van der Waals surface area contributed by atoms with Gasteiger partial charge in [-0.3, -0.25) is 23.8 Å². The lowest BCUT2D eigenvalue weighted by Crippen LogP contribution is -2.30. The third kappa shape index (κ3) is 7.74. The van der Waals surface area contributed by atoms with Gasteiger partial charge < -0.3 is 5.32 Å². The molecule has 3 rings (SSSR count). The lowest BCUT2D eigenvalue weighted by molar-refractivity contribution is -0.121. The highest BCUT2D eigenvalue weighted by Crippen LogP contribution is 2.24. The van der Waals surface area contributed by atoms with Crippen molar-refractivity contribution in [1.29, 1.82) is 0 Å². The number of amides is 1. The Labute approximate surface area is 196 Å². The molecule has 0 bridgehead atoms. The molecule has 2 aromatic heterocycles. The number of ketones is 1. The highest BCUT2D eigenvalue weighted by Gasteiger charge is 2.20. The van der Waals surface area contributed by atoms with Crippen molar-refractivity contribution < 1.29 is 22.6 Å². The van der Waals surface area contributed by atoms with Crippen molar-refractivity contribution in [1.82, 2.24) is 15.3 Å². The van der Waals surface area contributed by atoms with Crippen molar-refractivity contribution >= 4 is 39.0 Å². The Balaban J connectivity index is 1.68. The maximum atomic E-state index is 12.6. The zero-order valence-electron chi connectivity index (χ0n) is 17.8. The molecule has 3 N–H and O–H groups in total. The summed E-state index contributed by atoms with van der Waals surface area (Å²) in [5.41, 5.74) is 2.11. The molecule has 173 valence electrons. The number of carbonyl (C=O) groups excluding carboxylic acids is 2. The van der Waals surface area contributed by atoms with Crippen LogP contribution in [0.4, 0.5) is 5.69 Å². The van der Waals surface area contributed by atoms with Gasteiger partial charge in [-0.2, -0.15) is 8.42 Å². The molecule has 1 radical (unpaired) electrons. The molecule has 33 heavy (non-hydrogen) atoms. The van der Waals surface area contributed by atoms with E-state index >= 15 is 0 Å². The lowest BCUT2D eigenvalue weighted by atomic mass is 10.1. The fourth-order valence-corrected chi connectivity index (χ4v) is 4.39. The number of hydrogen-bond donors (Lipinski definition) is 3. The van der Waals surface area contributed by atoms with E-state index in [1.54, 1.807) is 24.3 Å². The van der Waals surface area contributed by atoms with Gasteiger partial charge in [0.25, 0.3) is 0 Å². The van der Waals surface area contributed by atoms with Crippen LogP contribution < -0.4 is 10.0 Å². The SMILES string of the molecule is CCc1csc(C(Cc2[c]cc(NS(=O)(=O)O)cc2)NC(=O)CCC(=O)c2ccccn2)n1. The third-order valence-electron chi connectivity index (χ3n) is 4.64. The zero-order chi connectivity index (χ0) is 23.8. The normalized spacial score (nSPS) is 12.2. The highest BCUT2D eigenvalue weighted by atomic mass is 32.2. The van der Waals surface area contributed by atoms with Crippen molar-refractivity contribution in [2.45, 2.75) is 38.6 Å². The van der Waals surface area contributed by atoms with Gasteiger partial charge in [0.15, 0.2) is 5.78 Å². The minimum Gasteiger partial charge on any atom is -0.347 e. The van der Waals surface area contributed by atoms with E-state index in [-0.39, 0.29) is 30.2 Å². The number of carbonyl (C=O) groups is 2. The van der Waals surface area contributed by atoms with Gasteiger partial charge in [-0.25, -0.2) is 4.98 Å². The van der Waals surface area contributed by atoms with Gasteiger partial charge in [0.2, 0.25) is 5.91 Å². The molecule has 0 spiro atoms. The van der Waals surface area contributed by atoms with Gasteiger partial charge in [-0.1, -0.05) is 19.1 Å². The topological polar surface area (TPSA) is 138 Å². The lowest BCUT2D eigenvalue weighted by Gasteiger charge is -2.17. The number of aryl methyl sites for hydroxylation is 1. The molecule has 0 saturated carbocycles. The minimum atomic E-state index is -4.37. The Hall–Kier alpha value is -3.15. The number of benzene rings is 1. The van der Waals surface area contributed by atoms with Gasteiger partial charge in [-0.15, -0.1) is 11.3 Å². The second kappa shape index (κ2) is 11.1. The molecule has 1 amide bonds. The van der Waals surface area contributed by atoms with E-state index in [2.05, 4.69) is 21.4 Å². The van der Waals surface area contributed by atoms with Crippen LogP contribution in [-0.4, -0.2) is 34.6 Å². The summed E-state index contributed by atoms with van der Waals surface area (Å²) in [4.78, 5) is 33.4. The van der Waals surface area contributed by atoms with Crippen molar-refractivity contribution in [2.24, 2.45) is 0 Å². The first-order valence-corrected chi connectivity index (χ1v) is 12.5. The fourth-order valence-electron chi connectivity index (χ4n) is 3.01. The summed E-state index contributed by atoms with van der Waals surface area (Å²) in [6.07, 6.45) is 2.71. The number of pyridine rings is 1. The van der Waals surface area contributed by atoms with Crippen LogP contribution in [0.15, 0.2) is 48.0 Å². The molecule has 1 unspecified atom stereocenters. The second-order valence-corrected chi connectivity index (χ2v) is 9.22. The summed E-state index contributed by atoms with van der Waals surface area (Å²) in [6, 6.07) is 12.1. The Morgan fingerprint density at radius 2 is 2.03 bits per heavy atom. The molecule has 1 aromatic carbocycles. The standard InChI is InChI=1S/C22H23N4O5S2/c1-2-16-14-32-22(24-16)19(13-15-6-8-17(9-7-15)26-33(29,30)31)25-21(28)11-10-20(27)18-5-3-4-12-23-18/h3-6,8-9,12,14,19,26H,2,10-11,13H2,1H3,(H,25,28)(H,29,30,31). The largest absolute Gasteiger partial charge is 0.357 e. The van der Waals surface area contributed by atoms with Crippen LogP contribution in [0.1, 0.15) is 52.6 Å². The van der Waals surface area contributed by atoms with Crippen LogP contribution in [0.3, 0.4) is 0 Å². The Kier molecular flexibility index (Phi) is 8.26. The number of thiazole rings is 1. The first kappa shape index (κ1) is 24.5. The predicted molar refractivity (Wildman–Crippen MR) is 124 cm³/mol. The number of anilines is 1. The number of nitrogens with one attached hydrogen (secondary N) is 2. The minimum absolute atomic E-state index is 0.0127. The van der Waals surface area contributed by atoms with E-state index in [4.69, 9.17) is 4.55 Å². The summed E-state index contributed by atoms with van der Waals surface area (Å²) < 4.78 is 32.7. The van der Waals surface area contributed by atoms with Crippen molar-refractivity contribution in [3.8, 4) is 0 Å². The Bertz CT molecular complexity index is 1200. The van der Waals surface area contributed by atoms with Crippen molar-refractivity contribution in [2.75, 3.05) is 4.72 Å². The van der Waals surface area contributed by atoms with Crippen LogP contribution in [0.25, 0.3) is 0 Å². The van der Waals surface area contributed by atoms with E-state index in [1.165, 1.54) is 29.7 Å². The molecule has 9 nitrogen and oxygen atoms in total. The molecule has 3 aromatic rings. The smallest absolute Gasteiger partial charge is 0.347 e. The Morgan fingerprint density at radius 1 is 1.21 bits per heavy atom. The highest BCUT2D eigenvalue weighted by molar-refractivity contribution is 7.87. The van der Waals surface area contributed by atoms with Crippen LogP contribution in [0.2, 0.25) is 0 Å². The average molecular weight is 488 g/mol. The number of hydrogen-bond acceptors (Lipinski definition) is 7. The number of nitrogens with zero attached hydrogens (tertiary/aromatic N) is 2. The molecular weight excluding hydrogens is 464 g/mol. The van der Waals surface area contributed by atoms with E-state index in [0.717, 1.165) is 17.1 Å². The summed E-state index contributed by atoms with van der Waals surface area (Å²) in [5.74, 6) is -0.498. The maximum absolute atomic E-state index is 12.6. The molecule has 2 heterocycles. The van der Waals surface area contributed by atoms with Crippen LogP contribution in [-0.2, 0) is 27.9 Å². The molecule has 0 aliphatic rings. The molecule has 0 aliphatic heterocycles. The monoisotopic (exact) mass is 487 g/mol. The molecule has 0 fully saturated rings. The third-order valence-corrected chi connectivity index (χ3v) is 6.14. The summed E-state index contributed by atoms with van der Waals surface area (Å²) >= 11 is 1.43. The molecule has 11 heteroatoms. The number of aromatic nitrogens is 2. The molecule has 0 saturated heterocycles. The van der Waals surface area contributed by atoms with Crippen molar-refractivity contribution in [3.63, 3.8) is 0 Å².